The molecule has 0 saturated carbocycles. The van der Waals surface area contributed by atoms with Crippen LogP contribution < -0.4 is 4.89 Å². The van der Waals surface area contributed by atoms with E-state index in [2.05, 4.69) is 6.92 Å². The fraction of sp³-hybridized carbons (Fsp3) is 1.00. The Morgan fingerprint density at radius 2 is 1.13 bits per heavy atom. The molecule has 0 aromatic heterocycles. The van der Waals surface area contributed by atoms with Crippen molar-refractivity contribution in [1.82, 2.24) is 0 Å². The first-order chi connectivity index (χ1) is 18.5. The molecule has 2 atom stereocenters. The first kappa shape index (κ1) is 38.0. The van der Waals surface area contributed by atoms with E-state index in [-0.39, 0.29) is 19.5 Å². The number of hydrogen-bond donors (Lipinski definition) is 0. The van der Waals surface area contributed by atoms with Gasteiger partial charge in [0.05, 0.1) is 19.8 Å². The predicted octanol–water partition coefficient (Wildman–Crippen LogP) is 7.57. The van der Waals surface area contributed by atoms with E-state index in [9.17, 15) is 9.46 Å². The van der Waals surface area contributed by atoms with Crippen LogP contribution in [0.25, 0.3) is 0 Å². The summed E-state index contributed by atoms with van der Waals surface area (Å²) in [5, 5.41) is 0. The van der Waals surface area contributed by atoms with Crippen molar-refractivity contribution < 1.29 is 37.5 Å². The van der Waals surface area contributed by atoms with E-state index < -0.39 is 13.9 Å². The average Bonchev–Trinajstić information content (AvgIpc) is 2.91. The van der Waals surface area contributed by atoms with Gasteiger partial charge in [-0.25, -0.2) is 0 Å². The molecule has 0 N–H and O–H groups in total. The predicted molar refractivity (Wildman–Crippen MR) is 152 cm³/mol. The Labute approximate surface area is 234 Å². The number of unbranched alkanes of at least 4 members (excludes halogenated alkanes) is 14. The van der Waals surface area contributed by atoms with Gasteiger partial charge in [-0.15, -0.1) is 0 Å². The lowest BCUT2D eigenvalue weighted by Gasteiger charge is -2.25. The van der Waals surface area contributed by atoms with Crippen LogP contribution in [0.15, 0.2) is 0 Å². The van der Waals surface area contributed by atoms with E-state index in [1.165, 1.54) is 77.0 Å². The second-order valence-electron chi connectivity index (χ2n) is 10.1. The molecule has 0 bridgehead atoms. The Morgan fingerprint density at radius 1 is 0.605 bits per heavy atom. The molecule has 0 aliphatic heterocycles. The van der Waals surface area contributed by atoms with Crippen LogP contribution in [0.3, 0.4) is 0 Å². The van der Waals surface area contributed by atoms with Gasteiger partial charge in [-0.3, -0.25) is 4.57 Å². The molecule has 0 fully saturated rings. The van der Waals surface area contributed by atoms with Crippen molar-refractivity contribution in [3.05, 3.63) is 0 Å². The molecular weight excluding hydrogens is 507 g/mol. The zero-order chi connectivity index (χ0) is 28.2. The Morgan fingerprint density at radius 3 is 1.66 bits per heavy atom. The summed E-state index contributed by atoms with van der Waals surface area (Å²) in [6.07, 6.45) is 20.8. The van der Waals surface area contributed by atoms with Gasteiger partial charge in [0.2, 0.25) is 0 Å². The van der Waals surface area contributed by atoms with Gasteiger partial charge < -0.3 is 32.9 Å². The molecule has 0 amide bonds. The van der Waals surface area contributed by atoms with Crippen LogP contribution >= 0.6 is 7.82 Å². The monoisotopic (exact) mass is 567 g/mol. The van der Waals surface area contributed by atoms with Gasteiger partial charge in [0, 0.05) is 27.4 Å². The maximum atomic E-state index is 11.9. The number of hydrogen-bond acceptors (Lipinski definition) is 8. The zero-order valence-electron chi connectivity index (χ0n) is 25.1. The topological polar surface area (TPSA) is 95.5 Å². The lowest BCUT2D eigenvalue weighted by Crippen LogP contribution is -2.27. The number of phosphoric acid groups is 1. The average molecular weight is 568 g/mol. The first-order valence-corrected chi connectivity index (χ1v) is 16.8. The van der Waals surface area contributed by atoms with Crippen molar-refractivity contribution in [2.75, 3.05) is 47.3 Å². The normalized spacial score (nSPS) is 14.3. The first-order valence-electron chi connectivity index (χ1n) is 15.3. The van der Waals surface area contributed by atoms with Gasteiger partial charge in [0.15, 0.2) is 6.29 Å². The molecule has 230 valence electrons. The fourth-order valence-electron chi connectivity index (χ4n) is 4.17. The van der Waals surface area contributed by atoms with Crippen LogP contribution in [0.1, 0.15) is 129 Å². The quantitative estimate of drug-likeness (QED) is 0.0481. The van der Waals surface area contributed by atoms with Crippen LogP contribution in [-0.4, -0.2) is 59.6 Å². The van der Waals surface area contributed by atoms with Crippen LogP contribution in [0.5, 0.6) is 0 Å². The molecule has 0 saturated heterocycles. The third kappa shape index (κ3) is 26.2. The summed E-state index contributed by atoms with van der Waals surface area (Å²) in [6, 6.07) is 0. The minimum atomic E-state index is -4.32. The minimum absolute atomic E-state index is 0.109. The Hall–Kier alpha value is -0.0500. The zero-order valence-corrected chi connectivity index (χ0v) is 26.0. The van der Waals surface area contributed by atoms with Crippen LogP contribution in [0.2, 0.25) is 0 Å². The molecule has 8 nitrogen and oxygen atoms in total. The molecule has 0 aliphatic carbocycles. The van der Waals surface area contributed by atoms with Crippen LogP contribution in [0.4, 0.5) is 0 Å². The van der Waals surface area contributed by atoms with Crippen molar-refractivity contribution in [2.45, 2.75) is 142 Å². The second-order valence-corrected chi connectivity index (χ2v) is 11.5. The van der Waals surface area contributed by atoms with E-state index in [1.54, 1.807) is 14.2 Å². The minimum Gasteiger partial charge on any atom is -0.756 e. The van der Waals surface area contributed by atoms with Gasteiger partial charge in [0.1, 0.15) is 6.10 Å². The Kier molecular flexibility index (Phi) is 28.4. The van der Waals surface area contributed by atoms with Crippen LogP contribution in [-0.2, 0) is 32.6 Å². The molecule has 0 aromatic rings. The highest BCUT2D eigenvalue weighted by atomic mass is 31.2. The molecule has 0 radical (unpaired) electrons. The SMILES string of the molecule is CCCCCCCCCCCCCCCCOCC(COP(=O)([O-])OCCC)OCCCCC(OC)OC. The fourth-order valence-corrected chi connectivity index (χ4v) is 5.00. The van der Waals surface area contributed by atoms with E-state index in [0.717, 1.165) is 32.1 Å². The van der Waals surface area contributed by atoms with Crippen molar-refractivity contribution >= 4 is 7.82 Å². The molecule has 0 heterocycles. The van der Waals surface area contributed by atoms with E-state index in [0.29, 0.717) is 26.2 Å². The Balaban J connectivity index is 3.94. The number of methoxy groups -OCH3 is 2. The molecule has 0 aliphatic rings. The van der Waals surface area contributed by atoms with E-state index in [4.69, 9.17) is 28.0 Å². The van der Waals surface area contributed by atoms with Gasteiger partial charge >= 0.3 is 0 Å². The molecule has 2 unspecified atom stereocenters. The lowest BCUT2D eigenvalue weighted by atomic mass is 10.0. The maximum absolute atomic E-state index is 11.9. The lowest BCUT2D eigenvalue weighted by molar-refractivity contribution is -0.228. The summed E-state index contributed by atoms with van der Waals surface area (Å²) in [5.74, 6) is 0. The van der Waals surface area contributed by atoms with Crippen molar-refractivity contribution in [1.29, 1.82) is 0 Å². The highest BCUT2D eigenvalue weighted by molar-refractivity contribution is 7.45. The highest BCUT2D eigenvalue weighted by Crippen LogP contribution is 2.38. The number of ether oxygens (including phenoxy) is 4. The molecule has 0 rings (SSSR count). The summed E-state index contributed by atoms with van der Waals surface area (Å²) in [6.45, 7) is 5.53. The van der Waals surface area contributed by atoms with Gasteiger partial charge in [0.25, 0.3) is 7.82 Å². The van der Waals surface area contributed by atoms with Gasteiger partial charge in [-0.05, 0) is 32.1 Å². The van der Waals surface area contributed by atoms with Crippen molar-refractivity contribution in [3.63, 3.8) is 0 Å². The highest BCUT2D eigenvalue weighted by Gasteiger charge is 2.16. The Bertz CT molecular complexity index is 519. The summed E-state index contributed by atoms with van der Waals surface area (Å²) >= 11 is 0. The third-order valence-electron chi connectivity index (χ3n) is 6.53. The third-order valence-corrected chi connectivity index (χ3v) is 7.50. The summed E-state index contributed by atoms with van der Waals surface area (Å²) < 4.78 is 43.8. The van der Waals surface area contributed by atoms with Crippen molar-refractivity contribution in [3.8, 4) is 0 Å². The summed E-state index contributed by atoms with van der Waals surface area (Å²) in [4.78, 5) is 11.9. The molecule has 9 heteroatoms. The molecule has 38 heavy (non-hydrogen) atoms. The molecule has 0 spiro atoms. The standard InChI is InChI=1S/C29H61O8P/c1-5-7-8-9-10-11-12-13-14-15-16-17-18-20-24-34-26-28(27-37-38(30,31)36-23-6-2)35-25-21-19-22-29(32-3)33-4/h28-29H,5-27H2,1-4H3,(H,30,31)/p-1. The van der Waals surface area contributed by atoms with E-state index in [1.807, 2.05) is 6.92 Å². The van der Waals surface area contributed by atoms with E-state index >= 15 is 0 Å². The van der Waals surface area contributed by atoms with Crippen molar-refractivity contribution in [2.24, 2.45) is 0 Å². The summed E-state index contributed by atoms with van der Waals surface area (Å²) in [5.41, 5.74) is 0. The molecule has 0 aromatic carbocycles. The second kappa shape index (κ2) is 28.5. The maximum Gasteiger partial charge on any atom is 0.267 e. The largest absolute Gasteiger partial charge is 0.756 e. The summed E-state index contributed by atoms with van der Waals surface area (Å²) in [7, 11) is -1.08. The number of rotatable bonds is 31. The van der Waals surface area contributed by atoms with Crippen LogP contribution in [0, 0.1) is 0 Å². The van der Waals surface area contributed by atoms with Gasteiger partial charge in [-0.2, -0.15) is 0 Å². The smallest absolute Gasteiger partial charge is 0.267 e. The number of phosphoric ester groups is 1. The molecular formula is C29H60O8P-. The van der Waals surface area contributed by atoms with Gasteiger partial charge in [-0.1, -0.05) is 97.3 Å².